The van der Waals surface area contributed by atoms with Gasteiger partial charge < -0.3 is 16.0 Å². The van der Waals surface area contributed by atoms with Gasteiger partial charge in [0.25, 0.3) is 17.5 Å². The highest BCUT2D eigenvalue weighted by Gasteiger charge is 2.23. The molecule has 0 radical (unpaired) electrons. The van der Waals surface area contributed by atoms with Crippen LogP contribution in [0.5, 0.6) is 0 Å². The summed E-state index contributed by atoms with van der Waals surface area (Å²) in [6, 6.07) is 38.5. The van der Waals surface area contributed by atoms with Crippen molar-refractivity contribution in [3.05, 3.63) is 172 Å². The summed E-state index contributed by atoms with van der Waals surface area (Å²) < 4.78 is 0. The number of hydrogen-bond donors (Lipinski definition) is 3. The molecule has 0 heterocycles. The Morgan fingerprint density at radius 3 is 1.86 bits per heavy atom. The van der Waals surface area contributed by atoms with E-state index < -0.39 is 22.0 Å². The van der Waals surface area contributed by atoms with Crippen LogP contribution in [0.3, 0.4) is 0 Å². The summed E-state index contributed by atoms with van der Waals surface area (Å²) in [5.41, 5.74) is 4.06. The molecule has 3 amide bonds. The van der Waals surface area contributed by atoms with Gasteiger partial charge in [0.1, 0.15) is 10.9 Å². The maximum absolute atomic E-state index is 13.5. The normalized spacial score (nSPS) is 11.8. The highest BCUT2D eigenvalue weighted by molar-refractivity contribution is 8.00. The molecule has 0 aliphatic heterocycles. The average molecular weight is 671 g/mol. The third kappa shape index (κ3) is 9.52. The van der Waals surface area contributed by atoms with Gasteiger partial charge in [0, 0.05) is 34.0 Å². The first kappa shape index (κ1) is 34.3. The number of hydrogen-bond acceptors (Lipinski definition) is 6. The molecule has 9 nitrogen and oxygen atoms in total. The van der Waals surface area contributed by atoms with Crippen LogP contribution in [0.1, 0.15) is 52.1 Å². The molecule has 0 aliphatic rings. The largest absolute Gasteiger partial charge is 0.325 e. The van der Waals surface area contributed by atoms with Gasteiger partial charge in [-0.15, -0.1) is 11.8 Å². The van der Waals surface area contributed by atoms with Crippen molar-refractivity contribution in [1.82, 2.24) is 5.32 Å². The van der Waals surface area contributed by atoms with E-state index in [2.05, 4.69) is 29.8 Å². The van der Waals surface area contributed by atoms with E-state index in [1.165, 1.54) is 36.0 Å². The molecule has 10 heteroatoms. The zero-order valence-electron chi connectivity index (χ0n) is 26.8. The van der Waals surface area contributed by atoms with E-state index in [0.29, 0.717) is 22.9 Å². The Morgan fingerprint density at radius 2 is 1.27 bits per heavy atom. The summed E-state index contributed by atoms with van der Waals surface area (Å²) in [5, 5.41) is 18.9. The van der Waals surface area contributed by atoms with Gasteiger partial charge >= 0.3 is 0 Å². The minimum absolute atomic E-state index is 0.0688. The van der Waals surface area contributed by atoms with Gasteiger partial charge in [0.2, 0.25) is 5.91 Å². The first-order valence-electron chi connectivity index (χ1n) is 15.5. The second-order valence-corrected chi connectivity index (χ2v) is 12.6. The van der Waals surface area contributed by atoms with Crippen molar-refractivity contribution in [2.24, 2.45) is 0 Å². The van der Waals surface area contributed by atoms with E-state index in [-0.39, 0.29) is 17.3 Å². The van der Waals surface area contributed by atoms with Crippen LogP contribution in [-0.2, 0) is 9.59 Å². The Bertz CT molecular complexity index is 1950. The topological polar surface area (TPSA) is 130 Å². The fourth-order valence-electron chi connectivity index (χ4n) is 4.81. The van der Waals surface area contributed by atoms with E-state index in [1.807, 2.05) is 60.7 Å². The van der Waals surface area contributed by atoms with Crippen molar-refractivity contribution >= 4 is 52.6 Å². The Hall–Kier alpha value is -6.00. The fourth-order valence-corrected chi connectivity index (χ4v) is 5.84. The van der Waals surface area contributed by atoms with E-state index in [0.717, 1.165) is 21.6 Å². The molecular weight excluding hydrogens is 637 g/mol. The van der Waals surface area contributed by atoms with Gasteiger partial charge in [-0.25, -0.2) is 0 Å². The third-order valence-corrected chi connectivity index (χ3v) is 8.76. The number of nitro groups is 1. The van der Waals surface area contributed by atoms with Gasteiger partial charge in [-0.1, -0.05) is 86.6 Å². The lowest BCUT2D eigenvalue weighted by Crippen LogP contribution is -2.30. The lowest BCUT2D eigenvalue weighted by molar-refractivity contribution is -0.384. The molecule has 246 valence electrons. The molecule has 1 atom stereocenters. The van der Waals surface area contributed by atoms with Crippen molar-refractivity contribution in [3.8, 4) is 0 Å². The van der Waals surface area contributed by atoms with Crippen LogP contribution in [0.25, 0.3) is 6.08 Å². The maximum Gasteiger partial charge on any atom is 0.272 e. The quantitative estimate of drug-likeness (QED) is 0.0528. The Kier molecular flexibility index (Phi) is 11.4. The Morgan fingerprint density at radius 1 is 0.694 bits per heavy atom. The van der Waals surface area contributed by atoms with Crippen LogP contribution in [-0.4, -0.2) is 22.6 Å². The standard InChI is InChI=1S/C39H34N4O5S/c1-26(2)28-15-13-27(14-16-28)25-35(42-37(44)30-11-7-4-8-12-30)38(45)40-32-19-23-34(24-20-32)49-36(29-9-5-3-6-10-29)39(46)41-31-17-21-33(22-18-31)43(47)48/h3-26,36H,1-2H3,(H,40,45)(H,41,46)(H,42,44)/b35-25-. The smallest absolute Gasteiger partial charge is 0.272 e. The van der Waals surface area contributed by atoms with Gasteiger partial charge in [0.05, 0.1) is 4.92 Å². The summed E-state index contributed by atoms with van der Waals surface area (Å²) in [6.45, 7) is 4.21. The summed E-state index contributed by atoms with van der Waals surface area (Å²) in [7, 11) is 0. The number of carbonyl (C=O) groups is 3. The molecule has 5 aromatic rings. The second-order valence-electron chi connectivity index (χ2n) is 11.4. The van der Waals surface area contributed by atoms with Crippen molar-refractivity contribution in [3.63, 3.8) is 0 Å². The van der Waals surface area contributed by atoms with Crippen LogP contribution >= 0.6 is 11.8 Å². The van der Waals surface area contributed by atoms with Crippen molar-refractivity contribution < 1.29 is 19.3 Å². The zero-order chi connectivity index (χ0) is 34.8. The van der Waals surface area contributed by atoms with Gasteiger partial charge in [-0.2, -0.15) is 0 Å². The molecule has 0 fully saturated rings. The molecule has 0 spiro atoms. The summed E-state index contributed by atoms with van der Waals surface area (Å²) in [4.78, 5) is 51.3. The number of thioether (sulfide) groups is 1. The number of nitro benzene ring substituents is 1. The number of anilines is 2. The minimum Gasteiger partial charge on any atom is -0.325 e. The monoisotopic (exact) mass is 670 g/mol. The summed E-state index contributed by atoms with van der Waals surface area (Å²) in [5.74, 6) is -0.853. The molecule has 0 aromatic heterocycles. The molecule has 5 rings (SSSR count). The van der Waals surface area contributed by atoms with E-state index in [4.69, 9.17) is 0 Å². The molecule has 5 aromatic carbocycles. The Labute approximate surface area is 288 Å². The molecule has 0 bridgehead atoms. The minimum atomic E-state index is -0.637. The predicted octanol–water partition coefficient (Wildman–Crippen LogP) is 8.60. The number of amides is 3. The molecule has 3 N–H and O–H groups in total. The lowest BCUT2D eigenvalue weighted by atomic mass is 10.0. The number of rotatable bonds is 12. The number of nitrogens with zero attached hydrogens (tertiary/aromatic N) is 1. The van der Waals surface area contributed by atoms with E-state index >= 15 is 0 Å². The number of carbonyl (C=O) groups excluding carboxylic acids is 3. The molecule has 1 unspecified atom stereocenters. The number of non-ortho nitro benzene ring substituents is 1. The van der Waals surface area contributed by atoms with Crippen molar-refractivity contribution in [1.29, 1.82) is 0 Å². The third-order valence-electron chi connectivity index (χ3n) is 7.50. The summed E-state index contributed by atoms with van der Waals surface area (Å²) in [6.07, 6.45) is 1.64. The average Bonchev–Trinajstić information content (AvgIpc) is 3.12. The Balaban J connectivity index is 1.32. The maximum atomic E-state index is 13.5. The number of benzene rings is 5. The number of nitrogens with one attached hydrogen (secondary N) is 3. The first-order chi connectivity index (χ1) is 23.7. The molecular formula is C39H34N4O5S. The molecule has 49 heavy (non-hydrogen) atoms. The second kappa shape index (κ2) is 16.2. The van der Waals surface area contributed by atoms with Gasteiger partial charge in [0.15, 0.2) is 0 Å². The van der Waals surface area contributed by atoms with Crippen molar-refractivity contribution in [2.75, 3.05) is 10.6 Å². The fraction of sp³-hybridized carbons (Fsp3) is 0.103. The van der Waals surface area contributed by atoms with Gasteiger partial charge in [-0.05, 0) is 77.2 Å². The highest BCUT2D eigenvalue weighted by atomic mass is 32.2. The van der Waals surface area contributed by atoms with Crippen LogP contribution in [0.15, 0.2) is 144 Å². The van der Waals surface area contributed by atoms with Crippen LogP contribution in [0, 0.1) is 10.1 Å². The highest BCUT2D eigenvalue weighted by Crippen LogP contribution is 2.37. The van der Waals surface area contributed by atoms with Gasteiger partial charge in [-0.3, -0.25) is 24.5 Å². The first-order valence-corrected chi connectivity index (χ1v) is 16.4. The van der Waals surface area contributed by atoms with Crippen LogP contribution in [0.4, 0.5) is 17.1 Å². The van der Waals surface area contributed by atoms with Crippen molar-refractivity contribution in [2.45, 2.75) is 29.9 Å². The summed E-state index contributed by atoms with van der Waals surface area (Å²) >= 11 is 1.32. The van der Waals surface area contributed by atoms with Crippen LogP contribution in [0.2, 0.25) is 0 Å². The zero-order valence-corrected chi connectivity index (χ0v) is 27.6. The van der Waals surface area contributed by atoms with E-state index in [1.54, 1.807) is 54.6 Å². The molecule has 0 aliphatic carbocycles. The predicted molar refractivity (Wildman–Crippen MR) is 194 cm³/mol. The van der Waals surface area contributed by atoms with E-state index in [9.17, 15) is 24.5 Å². The molecule has 0 saturated heterocycles. The lowest BCUT2D eigenvalue weighted by Gasteiger charge is -2.17. The SMILES string of the molecule is CC(C)c1ccc(/C=C(\NC(=O)c2ccccc2)C(=O)Nc2ccc(SC(C(=O)Nc3ccc([N+](=O)[O-])cc3)c3ccccc3)cc2)cc1. The molecule has 0 saturated carbocycles. The van der Waals surface area contributed by atoms with Crippen LogP contribution < -0.4 is 16.0 Å².